The van der Waals surface area contributed by atoms with Gasteiger partial charge >= 0.3 is 0 Å². The summed E-state index contributed by atoms with van der Waals surface area (Å²) in [6.07, 6.45) is 7.72. The van der Waals surface area contributed by atoms with Gasteiger partial charge in [0, 0.05) is 29.7 Å². The summed E-state index contributed by atoms with van der Waals surface area (Å²) < 4.78 is 5.43. The first-order chi connectivity index (χ1) is 12.1. The Hall–Kier alpha value is -1.74. The molecule has 1 aromatic heterocycles. The van der Waals surface area contributed by atoms with Crippen molar-refractivity contribution >= 4 is 16.7 Å². The number of ketones is 1. The van der Waals surface area contributed by atoms with Crippen LogP contribution in [0.25, 0.3) is 10.9 Å². The Balaban J connectivity index is 1.77. The smallest absolute Gasteiger partial charge is 0.165 e. The van der Waals surface area contributed by atoms with Crippen LogP contribution >= 0.6 is 0 Å². The molecule has 134 valence electrons. The number of methoxy groups -OCH3 is 1. The first-order valence-corrected chi connectivity index (χ1v) is 9.62. The fourth-order valence-electron chi connectivity index (χ4n) is 3.79. The lowest BCUT2D eigenvalue weighted by atomic mass is 9.91. The summed E-state index contributed by atoms with van der Waals surface area (Å²) in [5.74, 6) is 0.248. The monoisotopic (exact) mass is 339 g/mol. The molecule has 3 heteroatoms. The number of aromatic nitrogens is 1. The summed E-state index contributed by atoms with van der Waals surface area (Å²) in [6, 6.07) is 8.23. The molecule has 0 aliphatic heterocycles. The second-order valence-corrected chi connectivity index (χ2v) is 7.32. The molecule has 1 aromatic carbocycles. The van der Waals surface area contributed by atoms with Crippen LogP contribution < -0.4 is 0 Å². The molecule has 25 heavy (non-hydrogen) atoms. The summed E-state index contributed by atoms with van der Waals surface area (Å²) in [7, 11) is 1.75. The Morgan fingerprint density at radius 2 is 2.00 bits per heavy atom. The SMILES string of the molecule is CCC(CCC(C)C(=O)c1ccc2nc3c(cc2c1)CCCC3)OC. The van der Waals surface area contributed by atoms with Gasteiger partial charge in [-0.1, -0.05) is 13.8 Å². The minimum atomic E-state index is 0.0206. The van der Waals surface area contributed by atoms with E-state index in [1.165, 1.54) is 24.1 Å². The topological polar surface area (TPSA) is 39.2 Å². The van der Waals surface area contributed by atoms with Gasteiger partial charge in [0.2, 0.25) is 0 Å². The highest BCUT2D eigenvalue weighted by atomic mass is 16.5. The summed E-state index contributed by atoms with van der Waals surface area (Å²) in [6.45, 7) is 4.15. The van der Waals surface area contributed by atoms with Gasteiger partial charge < -0.3 is 4.74 Å². The van der Waals surface area contributed by atoms with Crippen molar-refractivity contribution in [2.24, 2.45) is 5.92 Å². The van der Waals surface area contributed by atoms with Crippen LogP contribution in [0, 0.1) is 5.92 Å². The molecule has 1 heterocycles. The van der Waals surface area contributed by atoms with E-state index in [-0.39, 0.29) is 17.8 Å². The van der Waals surface area contributed by atoms with E-state index in [0.717, 1.165) is 48.6 Å². The van der Waals surface area contributed by atoms with Gasteiger partial charge in [-0.25, -0.2) is 0 Å². The molecule has 0 fully saturated rings. The maximum absolute atomic E-state index is 12.8. The number of hydrogen-bond donors (Lipinski definition) is 0. The van der Waals surface area contributed by atoms with E-state index < -0.39 is 0 Å². The zero-order chi connectivity index (χ0) is 17.8. The number of rotatable bonds is 7. The van der Waals surface area contributed by atoms with Gasteiger partial charge in [0.05, 0.1) is 11.6 Å². The van der Waals surface area contributed by atoms with Gasteiger partial charge in [0.1, 0.15) is 0 Å². The first kappa shape index (κ1) is 18.1. The van der Waals surface area contributed by atoms with Crippen molar-refractivity contribution in [2.45, 2.75) is 64.9 Å². The number of benzene rings is 1. The predicted octanol–water partition coefficient (Wildman–Crippen LogP) is 5.14. The fourth-order valence-corrected chi connectivity index (χ4v) is 3.79. The highest BCUT2D eigenvalue weighted by Crippen LogP contribution is 2.26. The zero-order valence-corrected chi connectivity index (χ0v) is 15.7. The summed E-state index contributed by atoms with van der Waals surface area (Å²) in [5.41, 5.74) is 4.43. The molecule has 3 nitrogen and oxygen atoms in total. The Labute approximate surface area is 150 Å². The van der Waals surface area contributed by atoms with Crippen molar-refractivity contribution in [3.63, 3.8) is 0 Å². The van der Waals surface area contributed by atoms with Crippen molar-refractivity contribution in [1.29, 1.82) is 0 Å². The van der Waals surface area contributed by atoms with Gasteiger partial charge in [-0.3, -0.25) is 9.78 Å². The molecule has 2 aromatic rings. The van der Waals surface area contributed by atoms with E-state index in [1.807, 2.05) is 25.1 Å². The number of carbonyl (C=O) groups excluding carboxylic acids is 1. The lowest BCUT2D eigenvalue weighted by Crippen LogP contribution is -2.16. The molecule has 2 atom stereocenters. The van der Waals surface area contributed by atoms with Crippen LogP contribution in [0.5, 0.6) is 0 Å². The van der Waals surface area contributed by atoms with Crippen LogP contribution in [0.2, 0.25) is 0 Å². The fraction of sp³-hybridized carbons (Fsp3) is 0.545. The molecule has 0 N–H and O–H groups in total. The number of carbonyl (C=O) groups is 1. The average Bonchev–Trinajstić information content (AvgIpc) is 2.65. The summed E-state index contributed by atoms with van der Waals surface area (Å²) in [4.78, 5) is 17.6. The van der Waals surface area contributed by atoms with Gasteiger partial charge in [0.25, 0.3) is 0 Å². The van der Waals surface area contributed by atoms with Gasteiger partial charge in [-0.05, 0) is 74.8 Å². The molecular formula is C22H29NO2. The zero-order valence-electron chi connectivity index (χ0n) is 15.7. The minimum absolute atomic E-state index is 0.0206. The van der Waals surface area contributed by atoms with Crippen LogP contribution in [0.3, 0.4) is 0 Å². The van der Waals surface area contributed by atoms with Gasteiger partial charge in [-0.2, -0.15) is 0 Å². The van der Waals surface area contributed by atoms with Crippen molar-refractivity contribution < 1.29 is 9.53 Å². The largest absolute Gasteiger partial charge is 0.381 e. The van der Waals surface area contributed by atoms with E-state index >= 15 is 0 Å². The van der Waals surface area contributed by atoms with Crippen molar-refractivity contribution in [1.82, 2.24) is 4.98 Å². The molecule has 1 aliphatic carbocycles. The maximum Gasteiger partial charge on any atom is 0.165 e. The third-order valence-electron chi connectivity index (χ3n) is 5.54. The molecule has 0 radical (unpaired) electrons. The quantitative estimate of drug-likeness (QED) is 0.656. The molecule has 0 saturated carbocycles. The van der Waals surface area contributed by atoms with Crippen molar-refractivity contribution in [3.05, 3.63) is 41.1 Å². The molecule has 2 unspecified atom stereocenters. The molecule has 0 amide bonds. The number of nitrogens with zero attached hydrogens (tertiary/aromatic N) is 1. The minimum Gasteiger partial charge on any atom is -0.381 e. The third-order valence-corrected chi connectivity index (χ3v) is 5.54. The first-order valence-electron chi connectivity index (χ1n) is 9.62. The number of aryl methyl sites for hydroxylation is 2. The average molecular weight is 339 g/mol. The third kappa shape index (κ3) is 4.09. The predicted molar refractivity (Wildman–Crippen MR) is 102 cm³/mol. The van der Waals surface area contributed by atoms with Crippen molar-refractivity contribution in [3.8, 4) is 0 Å². The van der Waals surface area contributed by atoms with Crippen LogP contribution in [0.4, 0.5) is 0 Å². The van der Waals surface area contributed by atoms with E-state index in [4.69, 9.17) is 9.72 Å². The highest BCUT2D eigenvalue weighted by molar-refractivity contribution is 6.00. The lowest BCUT2D eigenvalue weighted by Gasteiger charge is -2.17. The van der Waals surface area contributed by atoms with Crippen LogP contribution in [0.15, 0.2) is 24.3 Å². The Bertz CT molecular complexity index is 749. The van der Waals surface area contributed by atoms with Crippen LogP contribution in [-0.2, 0) is 17.6 Å². The van der Waals surface area contributed by atoms with Crippen LogP contribution in [-0.4, -0.2) is 24.0 Å². The molecule has 1 aliphatic rings. The Morgan fingerprint density at radius 1 is 1.20 bits per heavy atom. The number of hydrogen-bond acceptors (Lipinski definition) is 3. The Morgan fingerprint density at radius 3 is 2.76 bits per heavy atom. The normalized spacial score (nSPS) is 16.4. The highest BCUT2D eigenvalue weighted by Gasteiger charge is 2.18. The molecule has 0 spiro atoms. The number of fused-ring (bicyclic) bond motifs is 2. The van der Waals surface area contributed by atoms with Crippen LogP contribution in [0.1, 0.15) is 67.6 Å². The summed E-state index contributed by atoms with van der Waals surface area (Å²) >= 11 is 0. The molecular weight excluding hydrogens is 310 g/mol. The molecule has 3 rings (SSSR count). The van der Waals surface area contributed by atoms with Crippen molar-refractivity contribution in [2.75, 3.05) is 7.11 Å². The van der Waals surface area contributed by atoms with E-state index in [9.17, 15) is 4.79 Å². The Kier molecular flexibility index (Phi) is 5.85. The molecule has 0 saturated heterocycles. The van der Waals surface area contributed by atoms with E-state index in [2.05, 4.69) is 13.0 Å². The van der Waals surface area contributed by atoms with Gasteiger partial charge in [0.15, 0.2) is 5.78 Å². The standard InChI is InChI=1S/C22H29NO2/c1-4-19(25-3)11-9-15(2)22(24)17-10-12-21-18(14-17)13-16-7-5-6-8-20(16)23-21/h10,12-15,19H,4-9,11H2,1-3H3. The number of ether oxygens (including phenoxy) is 1. The summed E-state index contributed by atoms with van der Waals surface area (Å²) in [5, 5.41) is 1.10. The second-order valence-electron chi connectivity index (χ2n) is 7.32. The molecule has 0 bridgehead atoms. The maximum atomic E-state index is 12.8. The van der Waals surface area contributed by atoms with E-state index in [0.29, 0.717) is 0 Å². The van der Waals surface area contributed by atoms with Gasteiger partial charge in [-0.15, -0.1) is 0 Å². The number of Topliss-reactive ketones (excluding diaryl/α,β-unsaturated/α-hetero) is 1. The lowest BCUT2D eigenvalue weighted by molar-refractivity contribution is 0.0792. The number of pyridine rings is 1. The second kappa shape index (κ2) is 8.09. The van der Waals surface area contributed by atoms with E-state index in [1.54, 1.807) is 7.11 Å².